The molecule has 2 aromatic carbocycles. The molecule has 0 fully saturated rings. The average molecular weight is 415 g/mol. The third kappa shape index (κ3) is 3.98. The van der Waals surface area contributed by atoms with Gasteiger partial charge in [-0.2, -0.15) is 0 Å². The predicted octanol–water partition coefficient (Wildman–Crippen LogP) is 4.48. The Balaban J connectivity index is 2.25. The Morgan fingerprint density at radius 1 is 0.952 bits per heavy atom. The minimum Gasteiger partial charge on any atom is -0.497 e. The quantitative estimate of drug-likeness (QED) is 0.802. The number of carbonyl (C=O) groups excluding carboxylic acids is 1. The highest BCUT2D eigenvalue weighted by atomic mass is 79.9. The molecule has 110 valence electrons. The molecule has 0 atom stereocenters. The van der Waals surface area contributed by atoms with Gasteiger partial charge in [-0.3, -0.25) is 4.79 Å². The zero-order chi connectivity index (χ0) is 15.4. The van der Waals surface area contributed by atoms with Crippen molar-refractivity contribution >= 4 is 43.5 Å². The number of anilines is 1. The Morgan fingerprint density at radius 3 is 2.10 bits per heavy atom. The van der Waals surface area contributed by atoms with E-state index in [-0.39, 0.29) is 5.91 Å². The van der Waals surface area contributed by atoms with Gasteiger partial charge in [-0.05, 0) is 62.2 Å². The van der Waals surface area contributed by atoms with E-state index in [1.165, 1.54) is 0 Å². The highest BCUT2D eigenvalue weighted by molar-refractivity contribution is 9.13. The number of ether oxygens (including phenoxy) is 2. The molecule has 1 amide bonds. The molecular weight excluding hydrogens is 402 g/mol. The number of hydrogen-bond acceptors (Lipinski definition) is 3. The standard InChI is InChI=1S/C15H13Br2NO3/c1-20-11-5-9(6-12(8-11)21-2)15(19)18-10-3-4-13(16)14(17)7-10/h3-8H,1-2H3,(H,18,19). The Kier molecular flexibility index (Phi) is 5.25. The van der Waals surface area contributed by atoms with E-state index >= 15 is 0 Å². The number of nitrogens with one attached hydrogen (secondary N) is 1. The van der Waals surface area contributed by atoms with Crippen molar-refractivity contribution in [2.45, 2.75) is 0 Å². The molecule has 0 bridgehead atoms. The van der Waals surface area contributed by atoms with Crippen molar-refractivity contribution < 1.29 is 14.3 Å². The van der Waals surface area contributed by atoms with Gasteiger partial charge in [0.05, 0.1) is 14.2 Å². The molecule has 0 unspecified atom stereocenters. The molecule has 0 saturated carbocycles. The summed E-state index contributed by atoms with van der Waals surface area (Å²) in [6.45, 7) is 0. The first-order valence-corrected chi connectivity index (χ1v) is 7.61. The lowest BCUT2D eigenvalue weighted by Crippen LogP contribution is -2.12. The van der Waals surface area contributed by atoms with Gasteiger partial charge in [0.25, 0.3) is 5.91 Å². The molecule has 0 aliphatic heterocycles. The molecule has 1 N–H and O–H groups in total. The summed E-state index contributed by atoms with van der Waals surface area (Å²) in [7, 11) is 3.09. The maximum absolute atomic E-state index is 12.3. The number of rotatable bonds is 4. The summed E-state index contributed by atoms with van der Waals surface area (Å²) in [5.74, 6) is 0.898. The lowest BCUT2D eigenvalue weighted by molar-refractivity contribution is 0.102. The molecule has 6 heteroatoms. The molecular formula is C15H13Br2NO3. The molecule has 0 spiro atoms. The zero-order valence-electron chi connectivity index (χ0n) is 11.4. The number of carbonyl (C=O) groups is 1. The van der Waals surface area contributed by atoms with Crippen LogP contribution in [0.4, 0.5) is 5.69 Å². The van der Waals surface area contributed by atoms with Gasteiger partial charge in [-0.25, -0.2) is 0 Å². The monoisotopic (exact) mass is 413 g/mol. The van der Waals surface area contributed by atoms with Crippen molar-refractivity contribution in [2.24, 2.45) is 0 Å². The van der Waals surface area contributed by atoms with Crippen molar-refractivity contribution in [1.82, 2.24) is 0 Å². The maximum Gasteiger partial charge on any atom is 0.255 e. The summed E-state index contributed by atoms with van der Waals surface area (Å²) in [5, 5.41) is 2.83. The van der Waals surface area contributed by atoms with Gasteiger partial charge in [0, 0.05) is 26.3 Å². The zero-order valence-corrected chi connectivity index (χ0v) is 14.6. The van der Waals surface area contributed by atoms with Crippen molar-refractivity contribution in [1.29, 1.82) is 0 Å². The van der Waals surface area contributed by atoms with Gasteiger partial charge in [0.1, 0.15) is 11.5 Å². The maximum atomic E-state index is 12.3. The van der Waals surface area contributed by atoms with Crippen molar-refractivity contribution in [3.63, 3.8) is 0 Å². The van der Waals surface area contributed by atoms with E-state index in [0.29, 0.717) is 22.7 Å². The van der Waals surface area contributed by atoms with E-state index in [9.17, 15) is 4.79 Å². The highest BCUT2D eigenvalue weighted by Crippen LogP contribution is 2.27. The summed E-state index contributed by atoms with van der Waals surface area (Å²) in [5.41, 5.74) is 1.15. The second-order valence-corrected chi connectivity index (χ2v) is 5.89. The Morgan fingerprint density at radius 2 is 1.57 bits per heavy atom. The van der Waals surface area contributed by atoms with Crippen LogP contribution >= 0.6 is 31.9 Å². The summed E-state index contributed by atoms with van der Waals surface area (Å²) >= 11 is 6.79. The van der Waals surface area contributed by atoms with Gasteiger partial charge in [0.15, 0.2) is 0 Å². The SMILES string of the molecule is COc1cc(OC)cc(C(=O)Nc2ccc(Br)c(Br)c2)c1. The minimum absolute atomic E-state index is 0.235. The van der Waals surface area contributed by atoms with E-state index in [0.717, 1.165) is 8.95 Å². The molecule has 0 aliphatic carbocycles. The Labute approximate surface area is 139 Å². The third-order valence-electron chi connectivity index (χ3n) is 2.79. The molecule has 0 heterocycles. The van der Waals surface area contributed by atoms with Crippen LogP contribution in [0.5, 0.6) is 11.5 Å². The first-order chi connectivity index (χ1) is 10.0. The van der Waals surface area contributed by atoms with Gasteiger partial charge >= 0.3 is 0 Å². The molecule has 21 heavy (non-hydrogen) atoms. The van der Waals surface area contributed by atoms with Gasteiger partial charge in [-0.1, -0.05) is 0 Å². The third-order valence-corrected chi connectivity index (χ3v) is 4.67. The van der Waals surface area contributed by atoms with Crippen LogP contribution < -0.4 is 14.8 Å². The summed E-state index contributed by atoms with van der Waals surface area (Å²) in [4.78, 5) is 12.3. The fourth-order valence-corrected chi connectivity index (χ4v) is 2.34. The van der Waals surface area contributed by atoms with Crippen LogP contribution in [0.1, 0.15) is 10.4 Å². The van der Waals surface area contributed by atoms with Crippen LogP contribution in [0.2, 0.25) is 0 Å². The summed E-state index contributed by atoms with van der Waals surface area (Å²) in [6, 6.07) is 10.5. The van der Waals surface area contributed by atoms with Crippen LogP contribution in [0, 0.1) is 0 Å². The van der Waals surface area contributed by atoms with Gasteiger partial charge in [-0.15, -0.1) is 0 Å². The second kappa shape index (κ2) is 6.95. The number of benzene rings is 2. The number of methoxy groups -OCH3 is 2. The number of halogens is 2. The number of amides is 1. The molecule has 2 aromatic rings. The van der Waals surface area contributed by atoms with E-state index < -0.39 is 0 Å². The average Bonchev–Trinajstić information content (AvgIpc) is 2.50. The lowest BCUT2D eigenvalue weighted by atomic mass is 10.2. The van der Waals surface area contributed by atoms with Crippen LogP contribution in [0.15, 0.2) is 45.3 Å². The van der Waals surface area contributed by atoms with Crippen LogP contribution in [-0.4, -0.2) is 20.1 Å². The Hall–Kier alpha value is -1.53. The Bertz CT molecular complexity index is 652. The molecule has 0 aromatic heterocycles. The molecule has 0 radical (unpaired) electrons. The van der Waals surface area contributed by atoms with E-state index in [1.807, 2.05) is 18.2 Å². The molecule has 0 aliphatic rings. The fourth-order valence-electron chi connectivity index (χ4n) is 1.72. The summed E-state index contributed by atoms with van der Waals surface area (Å²) in [6.07, 6.45) is 0. The topological polar surface area (TPSA) is 47.6 Å². The second-order valence-electron chi connectivity index (χ2n) is 4.18. The molecule has 4 nitrogen and oxygen atoms in total. The fraction of sp³-hybridized carbons (Fsp3) is 0.133. The largest absolute Gasteiger partial charge is 0.497 e. The van der Waals surface area contributed by atoms with Crippen molar-refractivity contribution in [3.8, 4) is 11.5 Å². The molecule has 0 saturated heterocycles. The van der Waals surface area contributed by atoms with Crippen LogP contribution in [-0.2, 0) is 0 Å². The van der Waals surface area contributed by atoms with Crippen LogP contribution in [0.25, 0.3) is 0 Å². The van der Waals surface area contributed by atoms with E-state index in [1.54, 1.807) is 32.4 Å². The van der Waals surface area contributed by atoms with Crippen LogP contribution in [0.3, 0.4) is 0 Å². The number of hydrogen-bond donors (Lipinski definition) is 1. The molecule has 2 rings (SSSR count). The van der Waals surface area contributed by atoms with Gasteiger partial charge in [0.2, 0.25) is 0 Å². The lowest BCUT2D eigenvalue weighted by Gasteiger charge is -2.10. The first kappa shape index (κ1) is 15.9. The van der Waals surface area contributed by atoms with Crippen molar-refractivity contribution in [2.75, 3.05) is 19.5 Å². The smallest absolute Gasteiger partial charge is 0.255 e. The summed E-state index contributed by atoms with van der Waals surface area (Å²) < 4.78 is 12.1. The van der Waals surface area contributed by atoms with Crippen molar-refractivity contribution in [3.05, 3.63) is 50.9 Å². The first-order valence-electron chi connectivity index (χ1n) is 6.03. The van der Waals surface area contributed by atoms with Gasteiger partial charge < -0.3 is 14.8 Å². The van der Waals surface area contributed by atoms with E-state index in [2.05, 4.69) is 37.2 Å². The highest BCUT2D eigenvalue weighted by Gasteiger charge is 2.11. The minimum atomic E-state index is -0.235. The van der Waals surface area contributed by atoms with E-state index in [4.69, 9.17) is 9.47 Å². The predicted molar refractivity (Wildman–Crippen MR) is 89.3 cm³/mol. The normalized spacial score (nSPS) is 10.1.